The van der Waals surface area contributed by atoms with E-state index >= 15 is 0 Å². The summed E-state index contributed by atoms with van der Waals surface area (Å²) in [4.78, 5) is 26.0. The van der Waals surface area contributed by atoms with E-state index < -0.39 is 5.41 Å². The van der Waals surface area contributed by atoms with Gasteiger partial charge in [-0.1, -0.05) is 6.42 Å². The van der Waals surface area contributed by atoms with Gasteiger partial charge < -0.3 is 9.64 Å². The third-order valence-electron chi connectivity index (χ3n) is 3.65. The lowest BCUT2D eigenvalue weighted by molar-refractivity contribution is -0.167. The predicted octanol–water partition coefficient (Wildman–Crippen LogP) is 0.460. The van der Waals surface area contributed by atoms with Gasteiger partial charge in [-0.25, -0.2) is 0 Å². The fourth-order valence-corrected chi connectivity index (χ4v) is 2.99. The van der Waals surface area contributed by atoms with Crippen molar-refractivity contribution < 1.29 is 14.3 Å². The maximum atomic E-state index is 12.1. The Hall–Kier alpha value is -0.900. The van der Waals surface area contributed by atoms with Gasteiger partial charge in [-0.05, 0) is 19.9 Å². The van der Waals surface area contributed by atoms with E-state index in [4.69, 9.17) is 4.74 Å². The van der Waals surface area contributed by atoms with Crippen LogP contribution in [-0.4, -0.2) is 43.9 Å². The second-order valence-electron chi connectivity index (χ2n) is 4.72. The van der Waals surface area contributed by atoms with Gasteiger partial charge in [0.25, 0.3) is 0 Å². The van der Waals surface area contributed by atoms with E-state index in [0.717, 1.165) is 19.4 Å². The molecule has 0 aromatic heterocycles. The highest BCUT2D eigenvalue weighted by Gasteiger charge is 2.54. The fraction of sp³-hybridized carbons (Fsp3) is 0.818. The second-order valence-corrected chi connectivity index (χ2v) is 4.72. The highest BCUT2D eigenvalue weighted by Crippen LogP contribution is 2.41. The molecule has 0 unspecified atom stereocenters. The predicted molar refractivity (Wildman–Crippen MR) is 54.3 cm³/mol. The minimum atomic E-state index is -0.856. The number of piperidine rings is 1. The Morgan fingerprint density at radius 3 is 3.00 bits per heavy atom. The van der Waals surface area contributed by atoms with Crippen molar-refractivity contribution in [3.8, 4) is 0 Å². The molecule has 0 aromatic carbocycles. The van der Waals surface area contributed by atoms with Crippen molar-refractivity contribution in [1.29, 1.82) is 0 Å². The number of fused-ring (bicyclic) bond motifs is 2. The summed E-state index contributed by atoms with van der Waals surface area (Å²) in [6.07, 6.45) is 2.53. The summed E-state index contributed by atoms with van der Waals surface area (Å²) >= 11 is 0. The van der Waals surface area contributed by atoms with Gasteiger partial charge in [-0.2, -0.15) is 0 Å². The van der Waals surface area contributed by atoms with Crippen LogP contribution >= 0.6 is 0 Å². The minimum absolute atomic E-state index is 0.0385. The van der Waals surface area contributed by atoms with Crippen molar-refractivity contribution >= 4 is 11.8 Å². The van der Waals surface area contributed by atoms with Crippen LogP contribution in [0.25, 0.3) is 0 Å². The van der Waals surface area contributed by atoms with Gasteiger partial charge in [-0.3, -0.25) is 9.59 Å². The molecule has 2 bridgehead atoms. The van der Waals surface area contributed by atoms with Crippen molar-refractivity contribution in [3.63, 3.8) is 0 Å². The number of nitrogens with zero attached hydrogens (tertiary/aromatic N) is 1. The first-order valence-corrected chi connectivity index (χ1v) is 5.41. The zero-order valence-electron chi connectivity index (χ0n) is 9.28. The van der Waals surface area contributed by atoms with Gasteiger partial charge in [0, 0.05) is 19.0 Å². The Labute approximate surface area is 89.6 Å². The highest BCUT2D eigenvalue weighted by atomic mass is 16.5. The number of carbonyl (C=O) groups excluding carboxylic acids is 2. The smallest absolute Gasteiger partial charge is 0.320 e. The molecular formula is C11H17NO3. The van der Waals surface area contributed by atoms with E-state index in [0.29, 0.717) is 13.0 Å². The molecule has 0 spiro atoms. The second kappa shape index (κ2) is 3.59. The number of methoxy groups -OCH3 is 1. The van der Waals surface area contributed by atoms with E-state index in [1.165, 1.54) is 7.11 Å². The molecule has 1 saturated heterocycles. The van der Waals surface area contributed by atoms with Crippen molar-refractivity contribution in [2.75, 3.05) is 27.2 Å². The largest absolute Gasteiger partial charge is 0.468 e. The number of rotatable bonds is 1. The van der Waals surface area contributed by atoms with E-state index in [9.17, 15) is 9.59 Å². The van der Waals surface area contributed by atoms with Crippen LogP contribution in [-0.2, 0) is 14.3 Å². The Morgan fingerprint density at radius 1 is 1.60 bits per heavy atom. The molecule has 1 heterocycles. The molecule has 2 atom stereocenters. The standard InChI is InChI=1S/C11H17NO3/c1-12-6-8-4-3-5-11(7-12,9(8)13)10(14)15-2/h8H,3-7H2,1-2H3/t8-,11-/m1/s1. The summed E-state index contributed by atoms with van der Waals surface area (Å²) in [5.74, 6) is -0.195. The molecule has 0 N–H and O–H groups in total. The molecule has 1 aliphatic carbocycles. The first kappa shape index (κ1) is 10.6. The summed E-state index contributed by atoms with van der Waals surface area (Å²) in [6, 6.07) is 0. The summed E-state index contributed by atoms with van der Waals surface area (Å²) in [7, 11) is 3.32. The van der Waals surface area contributed by atoms with E-state index in [1.807, 2.05) is 7.05 Å². The number of esters is 1. The molecule has 1 aliphatic heterocycles. The fourth-order valence-electron chi connectivity index (χ4n) is 2.99. The maximum absolute atomic E-state index is 12.1. The molecule has 0 aromatic rings. The Bertz CT molecular complexity index is 302. The molecule has 2 rings (SSSR count). The third kappa shape index (κ3) is 1.47. The number of ether oxygens (including phenoxy) is 1. The quantitative estimate of drug-likeness (QED) is 0.467. The lowest BCUT2D eigenvalue weighted by Crippen LogP contribution is -2.59. The molecule has 4 nitrogen and oxygen atoms in total. The molecule has 84 valence electrons. The number of likely N-dealkylation sites (tertiary alicyclic amines) is 1. The van der Waals surface area contributed by atoms with Gasteiger partial charge in [0.1, 0.15) is 5.41 Å². The van der Waals surface area contributed by atoms with E-state index in [1.54, 1.807) is 0 Å². The molecule has 1 saturated carbocycles. The summed E-state index contributed by atoms with van der Waals surface area (Å²) < 4.78 is 4.80. The molecule has 4 heteroatoms. The number of hydrogen-bond donors (Lipinski definition) is 0. The minimum Gasteiger partial charge on any atom is -0.468 e. The molecule has 0 radical (unpaired) electrons. The van der Waals surface area contributed by atoms with Crippen LogP contribution in [0.1, 0.15) is 19.3 Å². The zero-order valence-corrected chi connectivity index (χ0v) is 9.28. The van der Waals surface area contributed by atoms with Crippen LogP contribution in [0.3, 0.4) is 0 Å². The first-order chi connectivity index (χ1) is 7.10. The van der Waals surface area contributed by atoms with Crippen LogP contribution in [0.5, 0.6) is 0 Å². The number of Topliss-reactive ketones (excluding diaryl/α,β-unsaturated/α-hetero) is 1. The van der Waals surface area contributed by atoms with Crippen molar-refractivity contribution in [3.05, 3.63) is 0 Å². The number of carbonyl (C=O) groups is 2. The summed E-state index contributed by atoms with van der Waals surface area (Å²) in [6.45, 7) is 1.31. The molecule has 0 amide bonds. The summed E-state index contributed by atoms with van der Waals surface area (Å²) in [5, 5.41) is 0. The topological polar surface area (TPSA) is 46.6 Å². The van der Waals surface area contributed by atoms with E-state index in [-0.39, 0.29) is 17.7 Å². The monoisotopic (exact) mass is 211 g/mol. The van der Waals surface area contributed by atoms with Crippen molar-refractivity contribution in [1.82, 2.24) is 4.90 Å². The van der Waals surface area contributed by atoms with Gasteiger partial charge in [0.15, 0.2) is 5.78 Å². The Morgan fingerprint density at radius 2 is 2.33 bits per heavy atom. The SMILES string of the molecule is COC(=O)[C@]12CCC[C@H](CN(C)C1)C2=O. The van der Waals surface area contributed by atoms with Crippen LogP contribution in [0.15, 0.2) is 0 Å². The zero-order chi connectivity index (χ0) is 11.1. The van der Waals surface area contributed by atoms with Crippen LogP contribution < -0.4 is 0 Å². The maximum Gasteiger partial charge on any atom is 0.320 e. The van der Waals surface area contributed by atoms with E-state index in [2.05, 4.69) is 4.90 Å². The molecule has 2 aliphatic rings. The average Bonchev–Trinajstić information content (AvgIpc) is 2.19. The first-order valence-electron chi connectivity index (χ1n) is 5.41. The van der Waals surface area contributed by atoms with Crippen LogP contribution in [0.2, 0.25) is 0 Å². The molecule has 2 fully saturated rings. The van der Waals surface area contributed by atoms with Crippen LogP contribution in [0, 0.1) is 11.3 Å². The molecular weight excluding hydrogens is 194 g/mol. The lowest BCUT2D eigenvalue weighted by Gasteiger charge is -2.45. The van der Waals surface area contributed by atoms with Gasteiger partial charge in [-0.15, -0.1) is 0 Å². The Kier molecular flexibility index (Phi) is 2.54. The van der Waals surface area contributed by atoms with Crippen molar-refractivity contribution in [2.24, 2.45) is 11.3 Å². The number of ketones is 1. The van der Waals surface area contributed by atoms with Crippen LogP contribution in [0.4, 0.5) is 0 Å². The summed E-state index contributed by atoms with van der Waals surface area (Å²) in [5.41, 5.74) is -0.856. The average molecular weight is 211 g/mol. The Balaban J connectivity index is 2.33. The molecule has 15 heavy (non-hydrogen) atoms. The van der Waals surface area contributed by atoms with Gasteiger partial charge in [0.2, 0.25) is 0 Å². The third-order valence-corrected chi connectivity index (χ3v) is 3.65. The van der Waals surface area contributed by atoms with Gasteiger partial charge >= 0.3 is 5.97 Å². The normalized spacial score (nSPS) is 36.4. The number of hydrogen-bond acceptors (Lipinski definition) is 4. The van der Waals surface area contributed by atoms with Crippen molar-refractivity contribution in [2.45, 2.75) is 19.3 Å². The lowest BCUT2D eigenvalue weighted by atomic mass is 9.65. The van der Waals surface area contributed by atoms with Gasteiger partial charge in [0.05, 0.1) is 7.11 Å². The highest BCUT2D eigenvalue weighted by molar-refractivity contribution is 6.06.